The number of hydrogen-bond acceptors (Lipinski definition) is 6. The molecule has 0 radical (unpaired) electrons. The summed E-state index contributed by atoms with van der Waals surface area (Å²) >= 11 is 0. The second-order valence-electron chi connectivity index (χ2n) is 9.47. The van der Waals surface area contributed by atoms with Crippen LogP contribution in [0.3, 0.4) is 0 Å². The number of sulfonamides is 1. The summed E-state index contributed by atoms with van der Waals surface area (Å²) in [5.74, 6) is 0.308. The first-order valence-corrected chi connectivity index (χ1v) is 14.1. The van der Waals surface area contributed by atoms with Crippen LogP contribution in [0.5, 0.6) is 0 Å². The molecule has 2 fully saturated rings. The molecule has 1 aromatic carbocycles. The van der Waals surface area contributed by atoms with Crippen LogP contribution in [0.15, 0.2) is 42.6 Å². The fraction of sp³-hybridized carbons (Fsp3) is 0.480. The van der Waals surface area contributed by atoms with Crippen molar-refractivity contribution in [3.8, 4) is 0 Å². The van der Waals surface area contributed by atoms with Gasteiger partial charge in [-0.3, -0.25) is 4.79 Å². The quantitative estimate of drug-likeness (QED) is 0.520. The molecule has 2 aliphatic heterocycles. The molecule has 2 aromatic heterocycles. The van der Waals surface area contributed by atoms with Crippen molar-refractivity contribution in [1.29, 1.82) is 0 Å². The molecule has 192 valence electrons. The van der Waals surface area contributed by atoms with Gasteiger partial charge in [0.05, 0.1) is 18.0 Å². The number of halogens is 1. The second-order valence-corrected chi connectivity index (χ2v) is 11.6. The summed E-state index contributed by atoms with van der Waals surface area (Å²) in [4.78, 5) is 19.6. The summed E-state index contributed by atoms with van der Waals surface area (Å²) in [6.07, 6.45) is 5.08. The molecule has 0 bridgehead atoms. The SMILES string of the molecule is CCCS(=O)(=O)N1CCC(NC(=O)c2cnc3ccc(N4CCC[C@@H]4c4cccc(F)c4)nn23)CC1. The molecular formula is C25H31FN6O3S. The second kappa shape index (κ2) is 10.1. The molecule has 2 aliphatic rings. The van der Waals surface area contributed by atoms with Crippen LogP contribution in [0.25, 0.3) is 5.65 Å². The Hall–Kier alpha value is -3.05. The zero-order valence-corrected chi connectivity index (χ0v) is 21.1. The highest BCUT2D eigenvalue weighted by Crippen LogP contribution is 2.35. The third-order valence-electron chi connectivity index (χ3n) is 7.01. The van der Waals surface area contributed by atoms with Crippen LogP contribution in [0.1, 0.15) is 61.1 Å². The first-order chi connectivity index (χ1) is 17.4. The van der Waals surface area contributed by atoms with Gasteiger partial charge in [-0.1, -0.05) is 19.1 Å². The average Bonchev–Trinajstić information content (AvgIpc) is 3.51. The third kappa shape index (κ3) is 4.94. The maximum atomic E-state index is 13.8. The number of amides is 1. The minimum absolute atomic E-state index is 0.0145. The molecule has 2 saturated heterocycles. The molecule has 1 N–H and O–H groups in total. The predicted octanol–water partition coefficient (Wildman–Crippen LogP) is 3.14. The summed E-state index contributed by atoms with van der Waals surface area (Å²) in [5, 5.41) is 7.76. The zero-order valence-electron chi connectivity index (χ0n) is 20.3. The highest BCUT2D eigenvalue weighted by atomic mass is 32.2. The standard InChI is InChI=1S/C25H31FN6O3S/c1-2-15-36(34,35)30-13-10-20(11-14-30)28-25(33)22-17-27-23-8-9-24(29-32(22)23)31-12-4-7-21(31)18-5-3-6-19(26)16-18/h3,5-6,8-9,16-17,20-21H,2,4,7,10-15H2,1H3,(H,28,33)/t21-/m1/s1. The number of rotatable bonds is 7. The predicted molar refractivity (Wildman–Crippen MR) is 135 cm³/mol. The topological polar surface area (TPSA) is 99.9 Å². The van der Waals surface area contributed by atoms with Gasteiger partial charge in [-0.15, -0.1) is 5.10 Å². The monoisotopic (exact) mass is 514 g/mol. The van der Waals surface area contributed by atoms with Crippen molar-refractivity contribution >= 4 is 27.4 Å². The molecule has 3 aromatic rings. The molecule has 11 heteroatoms. The highest BCUT2D eigenvalue weighted by molar-refractivity contribution is 7.89. The zero-order chi connectivity index (χ0) is 25.3. The fourth-order valence-electron chi connectivity index (χ4n) is 5.20. The lowest BCUT2D eigenvalue weighted by atomic mass is 10.0. The van der Waals surface area contributed by atoms with E-state index in [1.807, 2.05) is 25.1 Å². The molecule has 0 unspecified atom stereocenters. The van der Waals surface area contributed by atoms with Gasteiger partial charge in [-0.05, 0) is 61.9 Å². The number of anilines is 1. The number of benzene rings is 1. The van der Waals surface area contributed by atoms with E-state index in [4.69, 9.17) is 5.10 Å². The van der Waals surface area contributed by atoms with E-state index in [0.717, 1.165) is 24.9 Å². The number of carbonyl (C=O) groups excluding carboxylic acids is 1. The molecule has 1 atom stereocenters. The number of hydrogen-bond donors (Lipinski definition) is 1. The Morgan fingerprint density at radius 1 is 1.14 bits per heavy atom. The van der Waals surface area contributed by atoms with Crippen LogP contribution in [-0.2, 0) is 10.0 Å². The Balaban J connectivity index is 1.31. The van der Waals surface area contributed by atoms with Crippen molar-refractivity contribution in [2.45, 2.75) is 51.1 Å². The van der Waals surface area contributed by atoms with E-state index in [1.54, 1.807) is 16.6 Å². The number of carbonyl (C=O) groups is 1. The summed E-state index contributed by atoms with van der Waals surface area (Å²) < 4.78 is 41.5. The Morgan fingerprint density at radius 2 is 1.94 bits per heavy atom. The largest absolute Gasteiger partial charge is 0.348 e. The van der Waals surface area contributed by atoms with Crippen molar-refractivity contribution < 1.29 is 17.6 Å². The van der Waals surface area contributed by atoms with E-state index in [-0.39, 0.29) is 29.6 Å². The van der Waals surface area contributed by atoms with E-state index in [2.05, 4.69) is 15.2 Å². The van der Waals surface area contributed by atoms with Gasteiger partial charge in [-0.25, -0.2) is 26.6 Å². The summed E-state index contributed by atoms with van der Waals surface area (Å²) in [5.41, 5.74) is 1.80. The third-order valence-corrected chi connectivity index (χ3v) is 9.08. The van der Waals surface area contributed by atoms with Gasteiger partial charge in [0, 0.05) is 25.7 Å². The van der Waals surface area contributed by atoms with Crippen LogP contribution >= 0.6 is 0 Å². The van der Waals surface area contributed by atoms with Gasteiger partial charge < -0.3 is 10.2 Å². The van der Waals surface area contributed by atoms with Crippen molar-refractivity contribution in [3.63, 3.8) is 0 Å². The maximum Gasteiger partial charge on any atom is 0.271 e. The van der Waals surface area contributed by atoms with Crippen LogP contribution in [0.2, 0.25) is 0 Å². The molecular weight excluding hydrogens is 483 g/mol. The van der Waals surface area contributed by atoms with Gasteiger partial charge in [0.15, 0.2) is 11.3 Å². The lowest BCUT2D eigenvalue weighted by Crippen LogP contribution is -2.47. The first-order valence-electron chi connectivity index (χ1n) is 12.5. The lowest BCUT2D eigenvalue weighted by molar-refractivity contribution is 0.0916. The van der Waals surface area contributed by atoms with E-state index in [9.17, 15) is 17.6 Å². The van der Waals surface area contributed by atoms with E-state index < -0.39 is 10.0 Å². The molecule has 0 saturated carbocycles. The first kappa shape index (κ1) is 24.6. The normalized spacial score (nSPS) is 19.7. The van der Waals surface area contributed by atoms with E-state index in [0.29, 0.717) is 49.5 Å². The van der Waals surface area contributed by atoms with Gasteiger partial charge in [-0.2, -0.15) is 0 Å². The lowest BCUT2D eigenvalue weighted by Gasteiger charge is -2.31. The smallest absolute Gasteiger partial charge is 0.271 e. The summed E-state index contributed by atoms with van der Waals surface area (Å²) in [6, 6.07) is 10.3. The molecule has 36 heavy (non-hydrogen) atoms. The minimum Gasteiger partial charge on any atom is -0.348 e. The number of fused-ring (bicyclic) bond motifs is 1. The number of nitrogens with zero attached hydrogens (tertiary/aromatic N) is 5. The molecule has 4 heterocycles. The fourth-order valence-corrected chi connectivity index (χ4v) is 6.74. The van der Waals surface area contributed by atoms with E-state index in [1.165, 1.54) is 16.6 Å². The summed E-state index contributed by atoms with van der Waals surface area (Å²) in [7, 11) is -3.23. The van der Waals surface area contributed by atoms with E-state index >= 15 is 0 Å². The van der Waals surface area contributed by atoms with Crippen molar-refractivity contribution in [2.24, 2.45) is 0 Å². The Bertz CT molecular complexity index is 1350. The van der Waals surface area contributed by atoms with Crippen LogP contribution in [0.4, 0.5) is 10.2 Å². The number of aromatic nitrogens is 3. The molecule has 0 spiro atoms. The number of imidazole rings is 1. The minimum atomic E-state index is -3.23. The molecule has 9 nitrogen and oxygen atoms in total. The molecule has 0 aliphatic carbocycles. The summed E-state index contributed by atoms with van der Waals surface area (Å²) in [6.45, 7) is 3.44. The van der Waals surface area contributed by atoms with Crippen LogP contribution < -0.4 is 10.2 Å². The Kier molecular flexibility index (Phi) is 6.94. The highest BCUT2D eigenvalue weighted by Gasteiger charge is 2.30. The van der Waals surface area contributed by atoms with Gasteiger partial charge >= 0.3 is 0 Å². The van der Waals surface area contributed by atoms with Crippen molar-refractivity contribution in [3.05, 3.63) is 59.7 Å². The van der Waals surface area contributed by atoms with Crippen molar-refractivity contribution in [2.75, 3.05) is 30.3 Å². The van der Waals surface area contributed by atoms with Crippen LogP contribution in [0, 0.1) is 5.82 Å². The van der Waals surface area contributed by atoms with Gasteiger partial charge in [0.2, 0.25) is 10.0 Å². The van der Waals surface area contributed by atoms with Crippen LogP contribution in [-0.4, -0.2) is 64.7 Å². The van der Waals surface area contributed by atoms with Gasteiger partial charge in [0.1, 0.15) is 11.6 Å². The average molecular weight is 515 g/mol. The maximum absolute atomic E-state index is 13.8. The van der Waals surface area contributed by atoms with Gasteiger partial charge in [0.25, 0.3) is 5.91 Å². The Morgan fingerprint density at radius 3 is 2.69 bits per heavy atom. The number of nitrogens with one attached hydrogen (secondary N) is 1. The Labute approximate surface area is 210 Å². The molecule has 5 rings (SSSR count). The van der Waals surface area contributed by atoms with Crippen molar-refractivity contribution in [1.82, 2.24) is 24.2 Å². The number of piperidine rings is 1. The molecule has 1 amide bonds.